The Hall–Kier alpha value is -0.220. The second-order valence-electron chi connectivity index (χ2n) is 5.42. The van der Waals surface area contributed by atoms with Gasteiger partial charge in [-0.1, -0.05) is 0 Å². The molecule has 0 heterocycles. The van der Waals surface area contributed by atoms with Gasteiger partial charge in [0, 0.05) is 17.3 Å². The maximum atomic E-state index is 10.9. The van der Waals surface area contributed by atoms with Crippen molar-refractivity contribution in [3.63, 3.8) is 0 Å². The molecule has 0 amide bonds. The molecule has 4 heteroatoms. The maximum Gasteiger partial charge on any atom is 0.306 e. The smallest absolute Gasteiger partial charge is 0.306 e. The van der Waals surface area contributed by atoms with Gasteiger partial charge < -0.3 is 10.4 Å². The first-order chi connectivity index (χ1) is 8.19. The zero-order valence-corrected chi connectivity index (χ0v) is 11.3. The zero-order valence-electron chi connectivity index (χ0n) is 10.5. The molecule has 0 saturated heterocycles. The Kier molecular flexibility index (Phi) is 4.74. The molecule has 2 fully saturated rings. The highest BCUT2D eigenvalue weighted by Crippen LogP contribution is 2.30. The second kappa shape index (κ2) is 6.10. The average Bonchev–Trinajstić information content (AvgIpc) is 2.77. The van der Waals surface area contributed by atoms with Gasteiger partial charge in [-0.25, -0.2) is 0 Å². The summed E-state index contributed by atoms with van der Waals surface area (Å²) < 4.78 is 0. The molecular formula is C13H23NO2S. The molecule has 2 rings (SSSR count). The van der Waals surface area contributed by atoms with Crippen LogP contribution in [0.3, 0.4) is 0 Å². The van der Waals surface area contributed by atoms with Crippen LogP contribution in [-0.2, 0) is 4.79 Å². The summed E-state index contributed by atoms with van der Waals surface area (Å²) in [6, 6.07) is 1.25. The lowest BCUT2D eigenvalue weighted by Gasteiger charge is -2.29. The van der Waals surface area contributed by atoms with Gasteiger partial charge in [-0.2, -0.15) is 11.8 Å². The molecule has 98 valence electrons. The van der Waals surface area contributed by atoms with Crippen molar-refractivity contribution >= 4 is 17.7 Å². The van der Waals surface area contributed by atoms with Crippen LogP contribution in [0.4, 0.5) is 0 Å². The van der Waals surface area contributed by atoms with Crippen LogP contribution in [0, 0.1) is 5.92 Å². The van der Waals surface area contributed by atoms with Gasteiger partial charge >= 0.3 is 5.97 Å². The van der Waals surface area contributed by atoms with E-state index in [0.717, 1.165) is 30.9 Å². The number of carboxylic acids is 1. The molecule has 0 aromatic rings. The van der Waals surface area contributed by atoms with E-state index in [1.165, 1.54) is 19.3 Å². The number of thioether (sulfide) groups is 1. The molecule has 0 spiro atoms. The summed E-state index contributed by atoms with van der Waals surface area (Å²) in [6.07, 6.45) is 9.91. The SMILES string of the molecule is CSC1CCC(NC2CCC(C(=O)O)CC2)C1. The van der Waals surface area contributed by atoms with Gasteiger partial charge in [0.1, 0.15) is 0 Å². The normalized spacial score (nSPS) is 38.2. The quantitative estimate of drug-likeness (QED) is 0.812. The Labute approximate surface area is 108 Å². The lowest BCUT2D eigenvalue weighted by atomic mass is 9.86. The van der Waals surface area contributed by atoms with Crippen LogP contribution in [0.5, 0.6) is 0 Å². The van der Waals surface area contributed by atoms with E-state index in [1.54, 1.807) is 0 Å². The summed E-state index contributed by atoms with van der Waals surface area (Å²) in [4.78, 5) is 10.9. The summed E-state index contributed by atoms with van der Waals surface area (Å²) in [6.45, 7) is 0. The van der Waals surface area contributed by atoms with Crippen molar-refractivity contribution in [3.05, 3.63) is 0 Å². The van der Waals surface area contributed by atoms with Crippen LogP contribution in [0.1, 0.15) is 44.9 Å². The predicted molar refractivity (Wildman–Crippen MR) is 71.5 cm³/mol. The fourth-order valence-corrected chi connectivity index (χ4v) is 3.94. The van der Waals surface area contributed by atoms with Gasteiger partial charge in [-0.15, -0.1) is 0 Å². The number of hydrogen-bond acceptors (Lipinski definition) is 3. The van der Waals surface area contributed by atoms with E-state index in [0.29, 0.717) is 12.1 Å². The Morgan fingerprint density at radius 3 is 2.29 bits per heavy atom. The van der Waals surface area contributed by atoms with Crippen LogP contribution in [0.25, 0.3) is 0 Å². The number of rotatable bonds is 4. The van der Waals surface area contributed by atoms with E-state index >= 15 is 0 Å². The van der Waals surface area contributed by atoms with Gasteiger partial charge in [-0.3, -0.25) is 4.79 Å². The third-order valence-corrected chi connectivity index (χ3v) is 5.36. The van der Waals surface area contributed by atoms with Gasteiger partial charge in [0.15, 0.2) is 0 Å². The van der Waals surface area contributed by atoms with Gasteiger partial charge in [0.2, 0.25) is 0 Å². The fraction of sp³-hybridized carbons (Fsp3) is 0.923. The summed E-state index contributed by atoms with van der Waals surface area (Å²) in [7, 11) is 0. The molecule has 0 aromatic carbocycles. The fourth-order valence-electron chi connectivity index (χ4n) is 3.15. The molecule has 0 bridgehead atoms. The van der Waals surface area contributed by atoms with Crippen LogP contribution in [0.15, 0.2) is 0 Å². The summed E-state index contributed by atoms with van der Waals surface area (Å²) in [5.41, 5.74) is 0. The highest BCUT2D eigenvalue weighted by Gasteiger charge is 2.29. The minimum Gasteiger partial charge on any atom is -0.481 e. The van der Waals surface area contributed by atoms with Crippen molar-refractivity contribution in [3.8, 4) is 0 Å². The first kappa shape index (κ1) is 13.2. The van der Waals surface area contributed by atoms with Crippen molar-refractivity contribution in [1.82, 2.24) is 5.32 Å². The number of nitrogens with one attached hydrogen (secondary N) is 1. The lowest BCUT2D eigenvalue weighted by Crippen LogP contribution is -2.40. The predicted octanol–water partition coefficient (Wildman–Crippen LogP) is 2.50. The summed E-state index contributed by atoms with van der Waals surface area (Å²) in [5.74, 6) is -0.692. The highest BCUT2D eigenvalue weighted by atomic mass is 32.2. The molecule has 2 atom stereocenters. The lowest BCUT2D eigenvalue weighted by molar-refractivity contribution is -0.142. The largest absolute Gasteiger partial charge is 0.481 e. The molecule has 3 nitrogen and oxygen atoms in total. The first-order valence-electron chi connectivity index (χ1n) is 6.70. The summed E-state index contributed by atoms with van der Waals surface area (Å²) >= 11 is 1.98. The number of carbonyl (C=O) groups is 1. The molecule has 0 radical (unpaired) electrons. The Bertz CT molecular complexity index is 264. The number of aliphatic carboxylic acids is 1. The van der Waals surface area contributed by atoms with E-state index < -0.39 is 5.97 Å². The zero-order chi connectivity index (χ0) is 12.3. The monoisotopic (exact) mass is 257 g/mol. The van der Waals surface area contributed by atoms with Gasteiger partial charge in [0.25, 0.3) is 0 Å². The first-order valence-corrected chi connectivity index (χ1v) is 7.99. The molecule has 17 heavy (non-hydrogen) atoms. The minimum atomic E-state index is -0.605. The Balaban J connectivity index is 1.70. The standard InChI is InChI=1S/C13H23NO2S/c1-17-12-7-6-11(8-12)14-10-4-2-9(3-5-10)13(15)16/h9-12,14H,2-8H2,1H3,(H,15,16). The number of hydrogen-bond donors (Lipinski definition) is 2. The van der Waals surface area contributed by atoms with Crippen LogP contribution < -0.4 is 5.32 Å². The highest BCUT2D eigenvalue weighted by molar-refractivity contribution is 7.99. The topological polar surface area (TPSA) is 49.3 Å². The molecular weight excluding hydrogens is 234 g/mol. The van der Waals surface area contributed by atoms with E-state index in [4.69, 9.17) is 5.11 Å². The van der Waals surface area contributed by atoms with E-state index in [-0.39, 0.29) is 5.92 Å². The molecule has 2 saturated carbocycles. The molecule has 2 unspecified atom stereocenters. The maximum absolute atomic E-state index is 10.9. The number of carboxylic acid groups (broad SMARTS) is 1. The molecule has 0 aliphatic heterocycles. The van der Waals surface area contributed by atoms with E-state index in [2.05, 4.69) is 11.6 Å². The Morgan fingerprint density at radius 1 is 1.12 bits per heavy atom. The van der Waals surface area contributed by atoms with Crippen LogP contribution in [0.2, 0.25) is 0 Å². The van der Waals surface area contributed by atoms with Gasteiger partial charge in [0.05, 0.1) is 5.92 Å². The van der Waals surface area contributed by atoms with E-state index in [1.807, 2.05) is 11.8 Å². The molecule has 2 aliphatic rings. The van der Waals surface area contributed by atoms with Crippen molar-refractivity contribution in [2.75, 3.05) is 6.26 Å². The Morgan fingerprint density at radius 2 is 1.76 bits per heavy atom. The third kappa shape index (κ3) is 3.62. The van der Waals surface area contributed by atoms with Crippen LogP contribution >= 0.6 is 11.8 Å². The molecule has 0 aromatic heterocycles. The van der Waals surface area contributed by atoms with Crippen molar-refractivity contribution in [2.45, 2.75) is 62.3 Å². The summed E-state index contributed by atoms with van der Waals surface area (Å²) in [5, 5.41) is 13.5. The van der Waals surface area contributed by atoms with Crippen LogP contribution in [-0.4, -0.2) is 34.7 Å². The second-order valence-corrected chi connectivity index (χ2v) is 6.56. The third-order valence-electron chi connectivity index (χ3n) is 4.27. The van der Waals surface area contributed by atoms with Crippen molar-refractivity contribution in [2.24, 2.45) is 5.92 Å². The van der Waals surface area contributed by atoms with Gasteiger partial charge in [-0.05, 0) is 51.2 Å². The average molecular weight is 257 g/mol. The minimum absolute atomic E-state index is 0.0874. The molecule has 2 aliphatic carbocycles. The van der Waals surface area contributed by atoms with Crippen molar-refractivity contribution < 1.29 is 9.90 Å². The van der Waals surface area contributed by atoms with E-state index in [9.17, 15) is 4.79 Å². The molecule has 2 N–H and O–H groups in total. The van der Waals surface area contributed by atoms with Crippen molar-refractivity contribution in [1.29, 1.82) is 0 Å².